The zero-order chi connectivity index (χ0) is 32.7. The fourth-order valence-corrected chi connectivity index (χ4v) is 6.98. The van der Waals surface area contributed by atoms with Crippen molar-refractivity contribution in [3.05, 3.63) is 186 Å². The Morgan fingerprint density at radius 1 is 0.469 bits per heavy atom. The Kier molecular flexibility index (Phi) is 7.09. The Hall–Kier alpha value is -6.32. The maximum absolute atomic E-state index is 6.50. The lowest BCUT2D eigenvalue weighted by Gasteiger charge is -2.10. The quantitative estimate of drug-likeness (QED) is 0.187. The Morgan fingerprint density at radius 2 is 1.06 bits per heavy atom. The molecule has 232 valence electrons. The molecule has 9 rings (SSSR count). The molecule has 0 spiro atoms. The third-order valence-corrected chi connectivity index (χ3v) is 9.47. The van der Waals surface area contributed by atoms with E-state index in [1.807, 2.05) is 24.3 Å². The van der Waals surface area contributed by atoms with Gasteiger partial charge in [-0.25, -0.2) is 9.98 Å². The van der Waals surface area contributed by atoms with Crippen molar-refractivity contribution in [3.63, 3.8) is 0 Å². The van der Waals surface area contributed by atoms with Gasteiger partial charge in [0.25, 0.3) is 0 Å². The second-order valence-corrected chi connectivity index (χ2v) is 12.7. The van der Waals surface area contributed by atoms with Crippen molar-refractivity contribution in [1.82, 2.24) is 0 Å². The molecule has 3 heteroatoms. The van der Waals surface area contributed by atoms with E-state index in [0.29, 0.717) is 12.3 Å². The van der Waals surface area contributed by atoms with Gasteiger partial charge >= 0.3 is 0 Å². The van der Waals surface area contributed by atoms with Crippen molar-refractivity contribution in [1.29, 1.82) is 0 Å². The van der Waals surface area contributed by atoms with Crippen LogP contribution < -0.4 is 0 Å². The third kappa shape index (κ3) is 5.36. The van der Waals surface area contributed by atoms with Gasteiger partial charge in [0.15, 0.2) is 5.84 Å². The van der Waals surface area contributed by atoms with E-state index >= 15 is 0 Å². The van der Waals surface area contributed by atoms with Crippen LogP contribution in [0, 0.1) is 0 Å². The monoisotopic (exact) mass is 628 g/mol. The summed E-state index contributed by atoms with van der Waals surface area (Å²) < 4.78 is 6.50. The molecule has 3 nitrogen and oxygen atoms in total. The zero-order valence-corrected chi connectivity index (χ0v) is 27.1. The highest BCUT2D eigenvalue weighted by Gasteiger charge is 2.21. The molecule has 0 aliphatic carbocycles. The van der Waals surface area contributed by atoms with Crippen LogP contribution in [0.15, 0.2) is 184 Å². The van der Waals surface area contributed by atoms with Crippen molar-refractivity contribution in [2.45, 2.75) is 13.3 Å². The van der Waals surface area contributed by atoms with Crippen molar-refractivity contribution < 1.29 is 4.42 Å². The minimum Gasteiger partial charge on any atom is -0.456 e. The van der Waals surface area contributed by atoms with Gasteiger partial charge in [0, 0.05) is 28.3 Å². The van der Waals surface area contributed by atoms with Gasteiger partial charge in [-0.05, 0) is 81.4 Å². The summed E-state index contributed by atoms with van der Waals surface area (Å²) in [6, 6.07) is 57.4. The van der Waals surface area contributed by atoms with Crippen LogP contribution in [0.5, 0.6) is 0 Å². The first-order chi connectivity index (χ1) is 24.2. The molecule has 0 fully saturated rings. The summed E-state index contributed by atoms with van der Waals surface area (Å²) in [6.07, 6.45) is 0.688. The molecule has 1 aliphatic rings. The molecule has 2 heterocycles. The van der Waals surface area contributed by atoms with Crippen LogP contribution in [0.4, 0.5) is 0 Å². The van der Waals surface area contributed by atoms with Gasteiger partial charge in [-0.1, -0.05) is 133 Å². The minimum atomic E-state index is 0.686. The van der Waals surface area contributed by atoms with E-state index in [1.54, 1.807) is 0 Å². The van der Waals surface area contributed by atoms with Crippen LogP contribution in [0.25, 0.3) is 60.7 Å². The first kappa shape index (κ1) is 28.9. The predicted octanol–water partition coefficient (Wildman–Crippen LogP) is 12.1. The second kappa shape index (κ2) is 12.0. The fourth-order valence-electron chi connectivity index (χ4n) is 6.98. The number of furan rings is 1. The molecule has 0 atom stereocenters. The largest absolute Gasteiger partial charge is 0.456 e. The van der Waals surface area contributed by atoms with Crippen molar-refractivity contribution in [2.75, 3.05) is 0 Å². The maximum atomic E-state index is 6.50. The van der Waals surface area contributed by atoms with E-state index in [-0.39, 0.29) is 0 Å². The van der Waals surface area contributed by atoms with Gasteiger partial charge in [-0.2, -0.15) is 0 Å². The highest BCUT2D eigenvalue weighted by Crippen LogP contribution is 2.37. The summed E-state index contributed by atoms with van der Waals surface area (Å²) in [7, 11) is 0. The molecule has 0 unspecified atom stereocenters. The minimum absolute atomic E-state index is 0.686. The van der Waals surface area contributed by atoms with Gasteiger partial charge in [0.1, 0.15) is 11.2 Å². The molecular weight excluding hydrogens is 597 g/mol. The number of hydrogen-bond donors (Lipinski definition) is 0. The Bertz CT molecular complexity index is 2610. The molecule has 49 heavy (non-hydrogen) atoms. The fraction of sp³-hybridized carbons (Fsp3) is 0.0435. The van der Waals surface area contributed by atoms with Crippen LogP contribution in [0.2, 0.25) is 0 Å². The van der Waals surface area contributed by atoms with E-state index in [1.165, 1.54) is 27.5 Å². The predicted molar refractivity (Wildman–Crippen MR) is 205 cm³/mol. The molecule has 8 aromatic rings. The highest BCUT2D eigenvalue weighted by atomic mass is 16.3. The van der Waals surface area contributed by atoms with Crippen molar-refractivity contribution in [3.8, 4) is 22.3 Å². The molecule has 1 aromatic heterocycles. The lowest BCUT2D eigenvalue weighted by Crippen LogP contribution is -2.06. The number of benzene rings is 7. The molecule has 7 aromatic carbocycles. The molecule has 0 N–H and O–H groups in total. The molecule has 0 radical (unpaired) electrons. The van der Waals surface area contributed by atoms with Crippen molar-refractivity contribution >= 4 is 50.0 Å². The molecule has 1 aliphatic heterocycles. The van der Waals surface area contributed by atoms with Gasteiger partial charge in [-0.15, -0.1) is 0 Å². The molecule has 0 saturated carbocycles. The second-order valence-electron chi connectivity index (χ2n) is 12.7. The number of aliphatic imine (C=N–C) groups is 2. The lowest BCUT2D eigenvalue weighted by molar-refractivity contribution is 0.669. The standard InChI is InChI=1S/C46H32N2O/c1-30-26-41(38-23-22-35-27-34(20-21-36(35)28-38)31-12-5-2-6-13-31)47-46(48-45(30)33-16-9-4-10-17-33)40-18-11-19-42-44(40)39-25-24-37(29-43(39)49-42)32-14-7-3-8-15-32/h2-25,27-29H,26H2,1H3. The van der Waals surface area contributed by atoms with Gasteiger partial charge in [0.05, 0.1) is 11.4 Å². The highest BCUT2D eigenvalue weighted by molar-refractivity contribution is 6.23. The summed E-state index contributed by atoms with van der Waals surface area (Å²) in [5.74, 6) is 0.686. The van der Waals surface area contributed by atoms with Crippen LogP contribution >= 0.6 is 0 Å². The summed E-state index contributed by atoms with van der Waals surface area (Å²) in [5.41, 5.74) is 12.6. The Balaban J connectivity index is 1.20. The van der Waals surface area contributed by atoms with Crippen LogP contribution in [0.1, 0.15) is 30.0 Å². The molecular formula is C46H32N2O. The van der Waals surface area contributed by atoms with E-state index in [4.69, 9.17) is 14.4 Å². The summed E-state index contributed by atoms with van der Waals surface area (Å²) in [5, 5.41) is 4.47. The summed E-state index contributed by atoms with van der Waals surface area (Å²) in [4.78, 5) is 10.7. The zero-order valence-electron chi connectivity index (χ0n) is 27.1. The number of nitrogens with zero attached hydrogens (tertiary/aromatic N) is 2. The first-order valence-electron chi connectivity index (χ1n) is 16.7. The van der Waals surface area contributed by atoms with E-state index in [0.717, 1.165) is 61.2 Å². The van der Waals surface area contributed by atoms with Gasteiger partial charge < -0.3 is 4.42 Å². The smallest absolute Gasteiger partial charge is 0.160 e. The van der Waals surface area contributed by atoms with E-state index < -0.39 is 0 Å². The van der Waals surface area contributed by atoms with E-state index in [9.17, 15) is 0 Å². The average molecular weight is 629 g/mol. The average Bonchev–Trinajstić information content (AvgIpc) is 3.45. The summed E-state index contributed by atoms with van der Waals surface area (Å²) >= 11 is 0. The normalized spacial score (nSPS) is 13.5. The number of hydrogen-bond acceptors (Lipinski definition) is 3. The number of allylic oxidation sites excluding steroid dienone is 1. The number of fused-ring (bicyclic) bond motifs is 4. The SMILES string of the molecule is CC1=C(c2ccccc2)N=C(c2cccc3oc4cc(-c5ccccc5)ccc4c23)N=C(c2ccc3cc(-c4ccccc4)ccc3c2)C1. The number of amidine groups is 1. The third-order valence-electron chi connectivity index (χ3n) is 9.47. The van der Waals surface area contributed by atoms with Gasteiger partial charge in [0.2, 0.25) is 0 Å². The maximum Gasteiger partial charge on any atom is 0.160 e. The molecule has 0 saturated heterocycles. The van der Waals surface area contributed by atoms with Crippen LogP contribution in [0.3, 0.4) is 0 Å². The first-order valence-corrected chi connectivity index (χ1v) is 16.7. The lowest BCUT2D eigenvalue weighted by atomic mass is 9.96. The topological polar surface area (TPSA) is 37.9 Å². The number of rotatable bonds is 5. The Labute approximate surface area is 285 Å². The van der Waals surface area contributed by atoms with E-state index in [2.05, 4.69) is 146 Å². The van der Waals surface area contributed by atoms with Crippen LogP contribution in [-0.4, -0.2) is 11.5 Å². The van der Waals surface area contributed by atoms with Gasteiger partial charge in [-0.3, -0.25) is 0 Å². The Morgan fingerprint density at radius 3 is 1.76 bits per heavy atom. The molecule has 0 amide bonds. The van der Waals surface area contributed by atoms with Crippen LogP contribution in [-0.2, 0) is 0 Å². The van der Waals surface area contributed by atoms with Crippen molar-refractivity contribution in [2.24, 2.45) is 9.98 Å². The molecule has 0 bridgehead atoms. The summed E-state index contributed by atoms with van der Waals surface area (Å²) in [6.45, 7) is 2.18.